The minimum absolute atomic E-state index is 1.02. The van der Waals surface area contributed by atoms with Gasteiger partial charge in [-0.15, -0.1) is 0 Å². The minimum Gasteiger partial charge on any atom is -0.0622 e. The SMILES string of the molecule is CCc1cc(-c2ccccc2)c(-c2ccccc2)c(-c2ccccc2)c1. The number of hydrogen-bond acceptors (Lipinski definition) is 0. The second-order valence-electron chi connectivity index (χ2n) is 6.52. The molecule has 0 N–H and O–H groups in total. The summed E-state index contributed by atoms with van der Waals surface area (Å²) in [4.78, 5) is 0. The van der Waals surface area contributed by atoms with Crippen LogP contribution < -0.4 is 0 Å². The van der Waals surface area contributed by atoms with Gasteiger partial charge in [0.05, 0.1) is 0 Å². The molecule has 0 heterocycles. The molecule has 4 rings (SSSR count). The first-order valence-electron chi connectivity index (χ1n) is 9.20. The van der Waals surface area contributed by atoms with Crippen molar-refractivity contribution in [2.45, 2.75) is 13.3 Å². The molecule has 0 saturated heterocycles. The van der Waals surface area contributed by atoms with E-state index in [0.29, 0.717) is 0 Å². The van der Waals surface area contributed by atoms with Gasteiger partial charge in [0, 0.05) is 0 Å². The first-order valence-corrected chi connectivity index (χ1v) is 9.20. The number of rotatable bonds is 4. The van der Waals surface area contributed by atoms with Gasteiger partial charge < -0.3 is 0 Å². The zero-order valence-electron chi connectivity index (χ0n) is 15.0. The van der Waals surface area contributed by atoms with Crippen LogP contribution in [0.4, 0.5) is 0 Å². The lowest BCUT2D eigenvalue weighted by Crippen LogP contribution is -1.94. The number of benzene rings is 4. The lowest BCUT2D eigenvalue weighted by molar-refractivity contribution is 1.14. The van der Waals surface area contributed by atoms with E-state index in [1.165, 1.54) is 38.9 Å². The van der Waals surface area contributed by atoms with Gasteiger partial charge in [0.15, 0.2) is 0 Å². The van der Waals surface area contributed by atoms with Crippen molar-refractivity contribution in [1.29, 1.82) is 0 Å². The van der Waals surface area contributed by atoms with Crippen LogP contribution in [0.15, 0.2) is 103 Å². The maximum atomic E-state index is 2.35. The third kappa shape index (κ3) is 3.19. The van der Waals surface area contributed by atoms with Crippen LogP contribution in [0.2, 0.25) is 0 Å². The van der Waals surface area contributed by atoms with Crippen molar-refractivity contribution >= 4 is 0 Å². The van der Waals surface area contributed by atoms with E-state index < -0.39 is 0 Å². The van der Waals surface area contributed by atoms with Crippen molar-refractivity contribution in [2.75, 3.05) is 0 Å². The molecule has 0 spiro atoms. The quantitative estimate of drug-likeness (QED) is 0.369. The van der Waals surface area contributed by atoms with Gasteiger partial charge in [0.1, 0.15) is 0 Å². The average molecular weight is 334 g/mol. The van der Waals surface area contributed by atoms with Gasteiger partial charge in [-0.3, -0.25) is 0 Å². The molecule has 0 aromatic heterocycles. The van der Waals surface area contributed by atoms with Gasteiger partial charge in [0.25, 0.3) is 0 Å². The Hall–Kier alpha value is -3.12. The van der Waals surface area contributed by atoms with Crippen molar-refractivity contribution in [3.8, 4) is 33.4 Å². The van der Waals surface area contributed by atoms with E-state index in [-0.39, 0.29) is 0 Å². The molecule has 0 amide bonds. The fourth-order valence-electron chi connectivity index (χ4n) is 3.51. The molecule has 0 aliphatic rings. The van der Waals surface area contributed by atoms with Gasteiger partial charge in [-0.05, 0) is 45.4 Å². The van der Waals surface area contributed by atoms with Crippen LogP contribution in [0.5, 0.6) is 0 Å². The van der Waals surface area contributed by atoms with Gasteiger partial charge >= 0.3 is 0 Å². The summed E-state index contributed by atoms with van der Waals surface area (Å²) in [6.07, 6.45) is 1.02. The van der Waals surface area contributed by atoms with Gasteiger partial charge in [-0.25, -0.2) is 0 Å². The van der Waals surface area contributed by atoms with Crippen molar-refractivity contribution in [2.24, 2.45) is 0 Å². The summed E-state index contributed by atoms with van der Waals surface area (Å²) >= 11 is 0. The van der Waals surface area contributed by atoms with E-state index in [1.54, 1.807) is 0 Å². The molecule has 4 aromatic rings. The summed E-state index contributed by atoms with van der Waals surface area (Å²) in [5, 5.41) is 0. The molecule has 126 valence electrons. The smallest absolute Gasteiger partial charge is 0.00266 e. The van der Waals surface area contributed by atoms with Crippen molar-refractivity contribution in [3.63, 3.8) is 0 Å². The molecule has 0 heteroatoms. The Balaban J connectivity index is 2.07. The third-order valence-corrected chi connectivity index (χ3v) is 4.84. The van der Waals surface area contributed by atoms with Crippen LogP contribution in [0.3, 0.4) is 0 Å². The Kier molecular flexibility index (Phi) is 4.66. The molecule has 0 saturated carbocycles. The molecular formula is C26H22. The van der Waals surface area contributed by atoms with E-state index in [4.69, 9.17) is 0 Å². The van der Waals surface area contributed by atoms with Crippen LogP contribution in [0.1, 0.15) is 12.5 Å². The molecule has 0 nitrogen and oxygen atoms in total. The molecule has 0 radical (unpaired) electrons. The molecule has 26 heavy (non-hydrogen) atoms. The zero-order valence-corrected chi connectivity index (χ0v) is 15.0. The fraction of sp³-hybridized carbons (Fsp3) is 0.0769. The first kappa shape index (κ1) is 16.4. The molecule has 0 atom stereocenters. The Labute approximate surface area is 155 Å². The summed E-state index contributed by atoms with van der Waals surface area (Å²) in [5.41, 5.74) is 9.05. The Morgan fingerprint density at radius 1 is 0.500 bits per heavy atom. The van der Waals surface area contributed by atoms with Crippen LogP contribution in [0.25, 0.3) is 33.4 Å². The maximum Gasteiger partial charge on any atom is -0.00266 e. The molecule has 0 aliphatic heterocycles. The highest BCUT2D eigenvalue weighted by molar-refractivity contribution is 5.95. The van der Waals surface area contributed by atoms with Crippen LogP contribution in [0, 0.1) is 0 Å². The second-order valence-corrected chi connectivity index (χ2v) is 6.52. The highest BCUT2D eigenvalue weighted by Gasteiger charge is 2.15. The summed E-state index contributed by atoms with van der Waals surface area (Å²) in [6.45, 7) is 2.22. The number of aryl methyl sites for hydroxylation is 1. The average Bonchev–Trinajstić information content (AvgIpc) is 2.74. The summed E-state index contributed by atoms with van der Waals surface area (Å²) < 4.78 is 0. The van der Waals surface area contributed by atoms with Crippen LogP contribution in [-0.2, 0) is 6.42 Å². The fourth-order valence-corrected chi connectivity index (χ4v) is 3.51. The van der Waals surface area contributed by atoms with Gasteiger partial charge in [0.2, 0.25) is 0 Å². The topological polar surface area (TPSA) is 0 Å². The zero-order chi connectivity index (χ0) is 17.8. The van der Waals surface area contributed by atoms with E-state index in [0.717, 1.165) is 6.42 Å². The molecule has 0 bridgehead atoms. The van der Waals surface area contributed by atoms with E-state index in [9.17, 15) is 0 Å². The molecule has 0 aliphatic carbocycles. The summed E-state index contributed by atoms with van der Waals surface area (Å²) in [5.74, 6) is 0. The van der Waals surface area contributed by atoms with Gasteiger partial charge in [-0.2, -0.15) is 0 Å². The maximum absolute atomic E-state index is 2.35. The summed E-state index contributed by atoms with van der Waals surface area (Å²) in [7, 11) is 0. The lowest BCUT2D eigenvalue weighted by atomic mass is 9.85. The normalized spacial score (nSPS) is 10.7. The van der Waals surface area contributed by atoms with Crippen LogP contribution >= 0.6 is 0 Å². The van der Waals surface area contributed by atoms with Crippen LogP contribution in [-0.4, -0.2) is 0 Å². The standard InChI is InChI=1S/C26H22/c1-2-20-18-24(21-12-6-3-7-13-21)26(23-16-10-5-11-17-23)25(19-20)22-14-8-4-9-15-22/h3-19H,2H2,1H3. The van der Waals surface area contributed by atoms with Crippen molar-refractivity contribution in [1.82, 2.24) is 0 Å². The van der Waals surface area contributed by atoms with E-state index in [1.807, 2.05) is 0 Å². The van der Waals surface area contributed by atoms with Crippen molar-refractivity contribution in [3.05, 3.63) is 109 Å². The third-order valence-electron chi connectivity index (χ3n) is 4.84. The van der Waals surface area contributed by atoms with Gasteiger partial charge in [-0.1, -0.05) is 110 Å². The Morgan fingerprint density at radius 3 is 1.27 bits per heavy atom. The minimum atomic E-state index is 1.02. The molecular weight excluding hydrogens is 312 g/mol. The largest absolute Gasteiger partial charge is 0.0622 e. The molecule has 4 aromatic carbocycles. The Morgan fingerprint density at radius 2 is 0.885 bits per heavy atom. The highest BCUT2D eigenvalue weighted by atomic mass is 14.2. The highest BCUT2D eigenvalue weighted by Crippen LogP contribution is 2.41. The van der Waals surface area contributed by atoms with E-state index in [2.05, 4.69) is 110 Å². The monoisotopic (exact) mass is 334 g/mol. The molecule has 0 unspecified atom stereocenters. The predicted molar refractivity (Wildman–Crippen MR) is 112 cm³/mol. The Bertz CT molecular complexity index is 923. The second kappa shape index (κ2) is 7.41. The lowest BCUT2D eigenvalue weighted by Gasteiger charge is -2.18. The predicted octanol–water partition coefficient (Wildman–Crippen LogP) is 7.25. The number of hydrogen-bond donors (Lipinski definition) is 0. The summed E-state index contributed by atoms with van der Waals surface area (Å²) in [6, 6.07) is 36.9. The van der Waals surface area contributed by atoms with E-state index >= 15 is 0 Å². The van der Waals surface area contributed by atoms with Crippen molar-refractivity contribution < 1.29 is 0 Å². The molecule has 0 fully saturated rings. The first-order chi connectivity index (χ1) is 12.9.